The zero-order valence-corrected chi connectivity index (χ0v) is 57.6. The summed E-state index contributed by atoms with van der Waals surface area (Å²) in [7, 11) is 2.44. The van der Waals surface area contributed by atoms with Gasteiger partial charge in [-0.25, -0.2) is 0 Å². The average molecular weight is 1400 g/mol. The van der Waals surface area contributed by atoms with Crippen LogP contribution in [0, 0.1) is 23.7 Å². The van der Waals surface area contributed by atoms with Gasteiger partial charge in [-0.05, 0) is 67.9 Å². The van der Waals surface area contributed by atoms with Gasteiger partial charge in [0.1, 0.15) is 11.8 Å². The number of hydrogen-bond acceptors (Lipinski definition) is 21. The highest BCUT2D eigenvalue weighted by Crippen LogP contribution is 2.31. The van der Waals surface area contributed by atoms with Gasteiger partial charge in [-0.1, -0.05) is 71.3 Å². The lowest BCUT2D eigenvalue weighted by Crippen LogP contribution is -2.67. The molecule has 0 aliphatic carbocycles. The number of aliphatic hydroxyl groups excluding tert-OH is 1. The number of carbonyl (C=O) groups excluding carboxylic acids is 9. The van der Waals surface area contributed by atoms with E-state index in [1.54, 1.807) is 13.1 Å². The Hall–Kier alpha value is -6.25. The number of nitrogens with one attached hydrogen (secondary N) is 12. The van der Waals surface area contributed by atoms with Crippen LogP contribution in [0.1, 0.15) is 96.1 Å². The molecular weight excluding hydrogens is 1300 g/mol. The number of aliphatic carboxylic acids is 1. The molecule has 0 spiro atoms. The Morgan fingerprint density at radius 3 is 2.08 bits per heavy atom. The summed E-state index contributed by atoms with van der Waals surface area (Å²) in [6.07, 6.45) is -1.67. The van der Waals surface area contributed by atoms with Gasteiger partial charge < -0.3 is 89.4 Å². The molecule has 8 atom stereocenters. The van der Waals surface area contributed by atoms with Crippen molar-refractivity contribution in [2.24, 2.45) is 29.4 Å². The summed E-state index contributed by atoms with van der Waals surface area (Å²) in [6.45, 7) is 11.8. The number of aliphatic hydroxyl groups is 1. The predicted molar refractivity (Wildman–Crippen MR) is 369 cm³/mol. The van der Waals surface area contributed by atoms with Gasteiger partial charge in [0, 0.05) is 189 Å². The van der Waals surface area contributed by atoms with Gasteiger partial charge in [-0.2, -0.15) is 0 Å². The fourth-order valence-corrected chi connectivity index (χ4v) is 15.3. The lowest BCUT2D eigenvalue weighted by Gasteiger charge is -2.37. The van der Waals surface area contributed by atoms with Crippen LogP contribution >= 0.6 is 33.2 Å². The summed E-state index contributed by atoms with van der Waals surface area (Å²) in [6, 6.07) is 7.22. The van der Waals surface area contributed by atoms with E-state index in [9.17, 15) is 58.5 Å². The van der Waals surface area contributed by atoms with E-state index in [1.165, 1.54) is 29.0 Å². The smallest absolute Gasteiger partial charge is 0.303 e. The number of carboxylic acid groups (broad SMARTS) is 1. The van der Waals surface area contributed by atoms with Gasteiger partial charge in [0.25, 0.3) is 0 Å². The number of hydrogen-bond donors (Lipinski definition) is 16. The van der Waals surface area contributed by atoms with E-state index < -0.39 is 132 Å². The number of carboxylic acids is 1. The van der Waals surface area contributed by atoms with Crippen molar-refractivity contribution >= 4 is 103 Å². The number of nitrogens with two attached hydrogens (primary N) is 1. The number of halogens is 1. The van der Waals surface area contributed by atoms with Gasteiger partial charge in [0.15, 0.2) is 17.3 Å². The molecule has 30 heteroatoms. The van der Waals surface area contributed by atoms with E-state index in [4.69, 9.17) is 17.3 Å². The maximum absolute atomic E-state index is 15.1. The zero-order chi connectivity index (χ0) is 69.4. The molecule has 0 unspecified atom stereocenters. The van der Waals surface area contributed by atoms with Crippen LogP contribution in [0.2, 0.25) is 5.02 Å². The normalized spacial score (nSPS) is 26.1. The maximum Gasteiger partial charge on any atom is 0.303 e. The van der Waals surface area contributed by atoms with Gasteiger partial charge >= 0.3 is 5.97 Å². The van der Waals surface area contributed by atoms with Crippen molar-refractivity contribution in [3.05, 3.63) is 64.8 Å². The Morgan fingerprint density at radius 2 is 1.44 bits per heavy atom. The largest absolute Gasteiger partial charge is 0.506 e. The Kier molecular flexibility index (Phi) is 30.7. The quantitative estimate of drug-likeness (QED) is 0.0671. The molecule has 6 amide bonds. The van der Waals surface area contributed by atoms with Crippen LogP contribution in [-0.4, -0.2) is 228 Å². The summed E-state index contributed by atoms with van der Waals surface area (Å²) < 4.78 is 0. The Labute approximate surface area is 573 Å². The van der Waals surface area contributed by atoms with Crippen LogP contribution in [0.15, 0.2) is 48.7 Å². The van der Waals surface area contributed by atoms with Crippen LogP contribution < -0.4 is 64.2 Å². The lowest BCUT2D eigenvalue weighted by molar-refractivity contribution is -0.142. The minimum absolute atomic E-state index is 0.0112. The van der Waals surface area contributed by atoms with Crippen LogP contribution in [0.25, 0.3) is 10.9 Å². The second-order valence-electron chi connectivity index (χ2n) is 26.7. The summed E-state index contributed by atoms with van der Waals surface area (Å²) in [4.78, 5) is 146. The molecule has 5 saturated heterocycles. The summed E-state index contributed by atoms with van der Waals surface area (Å²) in [5.74, 6) is -9.71. The average Bonchev–Trinajstić information content (AvgIpc) is 1.64. The zero-order valence-electron chi connectivity index (χ0n) is 55.3. The molecular formula is C66H99ClN14O13S2. The Morgan fingerprint density at radius 1 is 0.802 bits per heavy atom. The number of Topliss-reactive ketones (excluding diaryl/α,β-unsaturated/α-hetero) is 3. The maximum atomic E-state index is 15.1. The fraction of sp³-hybridized carbons (Fsp3) is 0.636. The first-order chi connectivity index (χ1) is 45.9. The SMILES string of the molecule is CC(C)C[C@@H]1CC(=O)CNC(=O)[C@H](Cc2ccc(O)c(Cl)c2)CC(=O)[C@@H]2C[C@@H](O)CN2C(=O)[C@@H](NC(=O)[C@@H](CCC(=O)O)CC(=O)[C@H](Cc2c[nH]c3ccccc23)NC(=O)CCCC(=O)N[C@]23CNCCNC[C@](N)(CNCCNC2)CNCCNC3)CSSC[C@@H](C)NC1=O. The Bertz CT molecular complexity index is 3120. The molecule has 5 fully saturated rings. The third kappa shape index (κ3) is 24.6. The molecule has 3 aromatic rings. The molecule has 2 bridgehead atoms. The van der Waals surface area contributed by atoms with Crippen LogP contribution in [0.4, 0.5) is 0 Å². The molecule has 96 heavy (non-hydrogen) atoms. The number of nitrogens with zero attached hydrogens (tertiary/aromatic N) is 1. The molecule has 27 nitrogen and oxygen atoms in total. The number of ketones is 3. The monoisotopic (exact) mass is 1390 g/mol. The molecule has 0 saturated carbocycles. The highest BCUT2D eigenvalue weighted by molar-refractivity contribution is 8.76. The van der Waals surface area contributed by atoms with Crippen LogP contribution in [0.3, 0.4) is 0 Å². The van der Waals surface area contributed by atoms with Crippen molar-refractivity contribution in [2.75, 3.05) is 103 Å². The van der Waals surface area contributed by atoms with Gasteiger partial charge in [-0.3, -0.25) is 47.9 Å². The summed E-state index contributed by atoms with van der Waals surface area (Å²) >= 11 is 6.26. The molecule has 8 rings (SSSR count). The molecule has 1 aromatic heterocycles. The number of benzene rings is 2. The highest BCUT2D eigenvalue weighted by Gasteiger charge is 2.44. The Balaban J connectivity index is 1.10. The van der Waals surface area contributed by atoms with E-state index in [0.717, 1.165) is 26.6 Å². The van der Waals surface area contributed by atoms with Gasteiger partial charge in [0.2, 0.25) is 35.4 Å². The minimum Gasteiger partial charge on any atom is -0.506 e. The highest BCUT2D eigenvalue weighted by atomic mass is 35.5. The van der Waals surface area contributed by atoms with E-state index in [2.05, 4.69) is 63.5 Å². The molecule has 5 aliphatic rings. The van der Waals surface area contributed by atoms with E-state index in [1.807, 2.05) is 38.1 Å². The van der Waals surface area contributed by atoms with Crippen molar-refractivity contribution in [1.29, 1.82) is 0 Å². The number of carbonyl (C=O) groups is 10. The summed E-state index contributed by atoms with van der Waals surface area (Å²) in [5, 5.41) is 67.6. The molecule has 5 aliphatic heterocycles. The number of para-hydroxylation sites is 1. The number of H-pyrrole nitrogens is 1. The first-order valence-corrected chi connectivity index (χ1v) is 36.3. The van der Waals surface area contributed by atoms with Crippen LogP contribution in [0.5, 0.6) is 5.75 Å². The first kappa shape index (κ1) is 77.1. The molecule has 6 heterocycles. The van der Waals surface area contributed by atoms with Crippen molar-refractivity contribution < 1.29 is 63.3 Å². The number of rotatable bonds is 20. The number of phenols is 1. The van der Waals surface area contributed by atoms with Crippen LogP contribution in [-0.2, 0) is 60.8 Å². The molecule has 0 radical (unpaired) electrons. The van der Waals surface area contributed by atoms with Crippen molar-refractivity contribution in [3.63, 3.8) is 0 Å². The summed E-state index contributed by atoms with van der Waals surface area (Å²) in [5.41, 5.74) is 7.43. The second-order valence-corrected chi connectivity index (χ2v) is 29.6. The number of aromatic amines is 1. The van der Waals surface area contributed by atoms with Gasteiger partial charge in [-0.15, -0.1) is 0 Å². The first-order valence-electron chi connectivity index (χ1n) is 33.4. The fourth-order valence-electron chi connectivity index (χ4n) is 12.7. The standard InChI is InChI=1S/C66H99ClN14O13S2/c1-40(2)21-44-24-47(82)30-76-61(91)45(22-42-11-13-55(84)50(67)23-42)27-57(86)54-28-48(83)31-81(54)64(94)53(33-96-95-32-41(3)77-63(44)93)79-62(92)43(12-14-60(89)90)26-56(85)52(25-46-29-75-51-8-5-4-7-49(46)51)78-58(87)9-6-10-59(88)80-66-37-72-18-15-69-34-65(68,35-70-16-19-73-38-66)36-71-17-20-74-39-66/h4-5,7-8,11,13,23,29,40-41,43-45,48,52-54,69-75,83-84H,6,9-10,12,14-22,24-28,30-39,68H2,1-3H3,(H,76,91)(H,77,93)(H,78,87)(H,79,92)(H,80,88)(H,89,90)/t41-,43+,44-,45-,48-,52+,53+,54+,65-,66+/m1/s1. The van der Waals surface area contributed by atoms with E-state index in [-0.39, 0.29) is 92.2 Å². The molecule has 17 N–H and O–H groups in total. The van der Waals surface area contributed by atoms with Gasteiger partial charge in [0.05, 0.1) is 40.8 Å². The second kappa shape index (κ2) is 38.2. The van der Waals surface area contributed by atoms with E-state index in [0.29, 0.717) is 102 Å². The minimum atomic E-state index is -1.44. The predicted octanol–water partition coefficient (Wildman–Crippen LogP) is 0.184. The third-order valence-electron chi connectivity index (χ3n) is 17.8. The topological polar surface area (TPSA) is 409 Å². The number of amides is 6. The molecule has 2 aromatic carbocycles. The number of fused-ring (bicyclic) bond motifs is 17. The number of aromatic hydroxyl groups is 1. The van der Waals surface area contributed by atoms with Crippen molar-refractivity contribution in [2.45, 2.75) is 139 Å². The number of aromatic nitrogens is 1. The van der Waals surface area contributed by atoms with E-state index >= 15 is 4.79 Å². The lowest BCUT2D eigenvalue weighted by atomic mass is 9.90. The molecule has 530 valence electrons. The third-order valence-corrected chi connectivity index (χ3v) is 20.7. The van der Waals surface area contributed by atoms with Crippen molar-refractivity contribution in [1.82, 2.24) is 68.4 Å². The number of phenolic OH excluding ortho intramolecular Hbond substituents is 1. The van der Waals surface area contributed by atoms with Crippen molar-refractivity contribution in [3.8, 4) is 5.75 Å².